The van der Waals surface area contributed by atoms with E-state index in [1.807, 2.05) is 0 Å². The molecule has 110 valence electrons. The van der Waals surface area contributed by atoms with Crippen molar-refractivity contribution in [2.24, 2.45) is 0 Å². The van der Waals surface area contributed by atoms with Gasteiger partial charge in [0.15, 0.2) is 0 Å². The van der Waals surface area contributed by atoms with Crippen LogP contribution in [0.4, 0.5) is 18.0 Å². The molecule has 7 heteroatoms. The molecule has 1 aromatic carbocycles. The minimum atomic E-state index is -2.98. The second kappa shape index (κ2) is 6.13. The largest absolute Gasteiger partial charge is 0.465 e. The summed E-state index contributed by atoms with van der Waals surface area (Å²) in [6, 6.07) is 5.52. The van der Waals surface area contributed by atoms with Crippen molar-refractivity contribution < 1.29 is 27.8 Å². The molecule has 20 heavy (non-hydrogen) atoms. The van der Waals surface area contributed by atoms with Crippen molar-refractivity contribution in [2.45, 2.75) is 25.1 Å². The molecule has 0 saturated carbocycles. The molecule has 1 saturated heterocycles. The fourth-order valence-electron chi connectivity index (χ4n) is 2.45. The van der Waals surface area contributed by atoms with Crippen molar-refractivity contribution in [1.82, 2.24) is 4.90 Å². The highest BCUT2D eigenvalue weighted by Gasteiger charge is 2.34. The Kier molecular flexibility index (Phi) is 4.49. The highest BCUT2D eigenvalue weighted by molar-refractivity contribution is 5.65. The lowest BCUT2D eigenvalue weighted by Crippen LogP contribution is -2.46. The number of hydrogen-bond acceptors (Lipinski definition) is 2. The van der Waals surface area contributed by atoms with E-state index in [1.54, 1.807) is 0 Å². The molecular weight excluding hydrogens is 275 g/mol. The molecule has 0 aliphatic carbocycles. The van der Waals surface area contributed by atoms with Gasteiger partial charge in [-0.25, -0.2) is 9.18 Å². The topological polar surface area (TPSA) is 49.8 Å². The predicted molar refractivity (Wildman–Crippen MR) is 64.2 cm³/mol. The van der Waals surface area contributed by atoms with Crippen LogP contribution in [0.15, 0.2) is 24.3 Å². The molecule has 1 aliphatic heterocycles. The van der Waals surface area contributed by atoms with Gasteiger partial charge in [-0.1, -0.05) is 12.1 Å². The summed E-state index contributed by atoms with van der Waals surface area (Å²) >= 11 is 0. The summed E-state index contributed by atoms with van der Waals surface area (Å²) in [5, 5.41) is 8.92. The van der Waals surface area contributed by atoms with Crippen molar-refractivity contribution >= 4 is 6.09 Å². The van der Waals surface area contributed by atoms with Gasteiger partial charge in [0.2, 0.25) is 0 Å². The van der Waals surface area contributed by atoms with Gasteiger partial charge < -0.3 is 14.7 Å². The molecule has 1 fully saturated rings. The molecule has 1 heterocycles. The van der Waals surface area contributed by atoms with Crippen molar-refractivity contribution in [3.05, 3.63) is 35.6 Å². The lowest BCUT2D eigenvalue weighted by Gasteiger charge is -2.37. The van der Waals surface area contributed by atoms with Gasteiger partial charge in [0.25, 0.3) is 0 Å². The maximum atomic E-state index is 12.9. The van der Waals surface area contributed by atoms with Crippen LogP contribution in [0.1, 0.15) is 17.9 Å². The summed E-state index contributed by atoms with van der Waals surface area (Å²) in [6.45, 7) is -2.86. The number of ether oxygens (including phenoxy) is 1. The normalized spacial score (nSPS) is 23.1. The first kappa shape index (κ1) is 14.6. The van der Waals surface area contributed by atoms with Gasteiger partial charge in [0.1, 0.15) is 5.82 Å². The summed E-state index contributed by atoms with van der Waals surface area (Å²) in [7, 11) is 0. The number of carboxylic acid groups (broad SMARTS) is 1. The second-order valence-electron chi connectivity index (χ2n) is 4.61. The fourth-order valence-corrected chi connectivity index (χ4v) is 2.45. The van der Waals surface area contributed by atoms with Gasteiger partial charge in [0, 0.05) is 12.5 Å². The number of benzene rings is 1. The zero-order valence-corrected chi connectivity index (χ0v) is 10.5. The Morgan fingerprint density at radius 2 is 2.00 bits per heavy atom. The highest BCUT2D eigenvalue weighted by atomic mass is 19.3. The minimum absolute atomic E-state index is 0.123. The van der Waals surface area contributed by atoms with Gasteiger partial charge in [-0.05, 0) is 24.1 Å². The van der Waals surface area contributed by atoms with Crippen LogP contribution in [0.3, 0.4) is 0 Å². The molecule has 0 bridgehead atoms. The molecule has 0 unspecified atom stereocenters. The van der Waals surface area contributed by atoms with E-state index in [2.05, 4.69) is 4.74 Å². The minimum Gasteiger partial charge on any atom is -0.465 e. The zero-order chi connectivity index (χ0) is 14.7. The summed E-state index contributed by atoms with van der Waals surface area (Å²) in [5.74, 6) is -0.789. The smallest absolute Gasteiger partial charge is 0.407 e. The number of alkyl halides is 2. The highest BCUT2D eigenvalue weighted by Crippen LogP contribution is 2.31. The molecule has 1 aliphatic rings. The number of likely N-dealkylation sites (tertiary alicyclic amines) is 1. The Morgan fingerprint density at radius 3 is 2.55 bits per heavy atom. The van der Waals surface area contributed by atoms with Crippen LogP contribution in [0, 0.1) is 5.82 Å². The van der Waals surface area contributed by atoms with Crippen molar-refractivity contribution in [1.29, 1.82) is 0 Å². The molecule has 1 amide bonds. The number of rotatable bonds is 3. The van der Waals surface area contributed by atoms with Gasteiger partial charge in [-0.15, -0.1) is 0 Å². The van der Waals surface area contributed by atoms with Gasteiger partial charge in [-0.2, -0.15) is 8.78 Å². The Bertz CT molecular complexity index is 466. The monoisotopic (exact) mass is 289 g/mol. The molecule has 4 nitrogen and oxygen atoms in total. The van der Waals surface area contributed by atoms with Crippen LogP contribution in [0.5, 0.6) is 0 Å². The Morgan fingerprint density at radius 1 is 1.35 bits per heavy atom. The third kappa shape index (κ3) is 3.41. The molecule has 1 aromatic rings. The van der Waals surface area contributed by atoms with E-state index >= 15 is 0 Å². The van der Waals surface area contributed by atoms with Crippen LogP contribution in [-0.2, 0) is 4.74 Å². The standard InChI is InChI=1S/C13H14F3NO3/c14-9-3-1-8(2-4-9)10-5-6-17(13(18)19)7-11(10)20-12(15)16/h1-4,10-12H,5-7H2,(H,18,19)/t10-,11+/m0/s1. The average Bonchev–Trinajstić information content (AvgIpc) is 2.39. The van der Waals surface area contributed by atoms with E-state index in [0.717, 1.165) is 4.90 Å². The average molecular weight is 289 g/mol. The molecule has 0 aromatic heterocycles. The van der Waals surface area contributed by atoms with Crippen molar-refractivity contribution in [2.75, 3.05) is 13.1 Å². The molecular formula is C13H14F3NO3. The molecule has 0 radical (unpaired) electrons. The summed E-state index contributed by atoms with van der Waals surface area (Å²) in [4.78, 5) is 12.0. The van der Waals surface area contributed by atoms with Crippen LogP contribution < -0.4 is 0 Å². The van der Waals surface area contributed by atoms with E-state index in [1.165, 1.54) is 24.3 Å². The van der Waals surface area contributed by atoms with E-state index < -0.39 is 24.6 Å². The zero-order valence-electron chi connectivity index (χ0n) is 10.5. The molecule has 1 N–H and O–H groups in total. The summed E-state index contributed by atoms with van der Waals surface area (Å²) in [6.07, 6.45) is -1.74. The second-order valence-corrected chi connectivity index (χ2v) is 4.61. The number of carbonyl (C=O) groups is 1. The SMILES string of the molecule is O=C(O)N1CC[C@@H](c2ccc(F)cc2)[C@H](OC(F)F)C1. The molecule has 0 spiro atoms. The maximum Gasteiger partial charge on any atom is 0.407 e. The third-order valence-corrected chi connectivity index (χ3v) is 3.41. The Hall–Kier alpha value is -1.76. The number of hydrogen-bond donors (Lipinski definition) is 1. The number of piperidine rings is 1. The Labute approximate surface area is 113 Å². The first-order valence-corrected chi connectivity index (χ1v) is 6.14. The lowest BCUT2D eigenvalue weighted by molar-refractivity contribution is -0.178. The van der Waals surface area contributed by atoms with Gasteiger partial charge in [-0.3, -0.25) is 0 Å². The van der Waals surface area contributed by atoms with Crippen LogP contribution in [-0.4, -0.2) is 41.9 Å². The summed E-state index contributed by atoms with van der Waals surface area (Å²) in [5.41, 5.74) is 0.669. The first-order chi connectivity index (χ1) is 9.47. The van der Waals surface area contributed by atoms with E-state index in [9.17, 15) is 18.0 Å². The summed E-state index contributed by atoms with van der Waals surface area (Å²) < 4.78 is 42.3. The van der Waals surface area contributed by atoms with E-state index in [-0.39, 0.29) is 19.0 Å². The van der Waals surface area contributed by atoms with Gasteiger partial charge in [0.05, 0.1) is 12.6 Å². The Balaban J connectivity index is 2.17. The van der Waals surface area contributed by atoms with Crippen LogP contribution in [0.2, 0.25) is 0 Å². The first-order valence-electron chi connectivity index (χ1n) is 6.14. The maximum absolute atomic E-state index is 12.9. The third-order valence-electron chi connectivity index (χ3n) is 3.41. The number of nitrogens with zero attached hydrogens (tertiary/aromatic N) is 1. The number of halogens is 3. The molecule has 2 rings (SSSR count). The van der Waals surface area contributed by atoms with Crippen LogP contribution >= 0.6 is 0 Å². The van der Waals surface area contributed by atoms with E-state index in [0.29, 0.717) is 12.0 Å². The van der Waals surface area contributed by atoms with Crippen molar-refractivity contribution in [3.63, 3.8) is 0 Å². The predicted octanol–water partition coefficient (Wildman–Crippen LogP) is 2.90. The van der Waals surface area contributed by atoms with E-state index in [4.69, 9.17) is 5.11 Å². The number of amides is 1. The van der Waals surface area contributed by atoms with Gasteiger partial charge >= 0.3 is 12.7 Å². The quantitative estimate of drug-likeness (QED) is 0.930. The lowest BCUT2D eigenvalue weighted by atomic mass is 9.87. The van der Waals surface area contributed by atoms with Crippen LogP contribution in [0.25, 0.3) is 0 Å². The fraction of sp³-hybridized carbons (Fsp3) is 0.462. The molecule has 2 atom stereocenters. The van der Waals surface area contributed by atoms with Crippen molar-refractivity contribution in [3.8, 4) is 0 Å².